The molecule has 1 N–H and O–H groups in total. The first kappa shape index (κ1) is 19.1. The molecule has 3 aromatic rings. The number of ether oxygens (including phenoxy) is 1. The molecule has 0 aliphatic heterocycles. The fourth-order valence-corrected chi connectivity index (χ4v) is 2.86. The Morgan fingerprint density at radius 1 is 0.929 bits per heavy atom. The Labute approximate surface area is 163 Å². The first-order valence-electron chi connectivity index (χ1n) is 8.83. The number of benzene rings is 3. The molecule has 3 rings (SSSR count). The van der Waals surface area contributed by atoms with Crippen molar-refractivity contribution in [3.63, 3.8) is 0 Å². The van der Waals surface area contributed by atoms with E-state index in [4.69, 9.17) is 4.74 Å². The second-order valence-electron chi connectivity index (χ2n) is 6.28. The van der Waals surface area contributed by atoms with E-state index in [0.29, 0.717) is 11.3 Å². The molecule has 0 unspecified atom stereocenters. The van der Waals surface area contributed by atoms with Crippen LogP contribution in [0, 0.1) is 0 Å². The van der Waals surface area contributed by atoms with E-state index in [0.717, 1.165) is 16.3 Å². The SMILES string of the molecule is COc1cc(/C=C/C(=O)CC(=O)/C=C/c2cccc3ccccc23)ccc1O. The van der Waals surface area contributed by atoms with Crippen molar-refractivity contribution in [2.45, 2.75) is 6.42 Å². The van der Waals surface area contributed by atoms with Crippen molar-refractivity contribution in [3.05, 3.63) is 83.9 Å². The molecule has 0 fully saturated rings. The molecular formula is C24H20O4. The van der Waals surface area contributed by atoms with Gasteiger partial charge in [-0.2, -0.15) is 0 Å². The van der Waals surface area contributed by atoms with E-state index in [-0.39, 0.29) is 23.7 Å². The standard InChI is InChI=1S/C24H20O4/c1-28-24-15-17(10-14-23(24)27)9-12-20(25)16-21(26)13-11-19-7-4-6-18-5-2-3-8-22(18)19/h2-15,27H,16H2,1H3/b12-9+,13-11+. The summed E-state index contributed by atoms with van der Waals surface area (Å²) < 4.78 is 5.03. The van der Waals surface area contributed by atoms with Gasteiger partial charge in [-0.3, -0.25) is 9.59 Å². The van der Waals surface area contributed by atoms with Crippen LogP contribution in [0.5, 0.6) is 11.5 Å². The highest BCUT2D eigenvalue weighted by Crippen LogP contribution is 2.26. The lowest BCUT2D eigenvalue weighted by Crippen LogP contribution is -2.01. The minimum atomic E-state index is -0.292. The Kier molecular flexibility index (Phi) is 6.02. The van der Waals surface area contributed by atoms with Crippen molar-refractivity contribution >= 4 is 34.5 Å². The van der Waals surface area contributed by atoms with Crippen molar-refractivity contribution in [2.24, 2.45) is 0 Å². The topological polar surface area (TPSA) is 63.6 Å². The maximum Gasteiger partial charge on any atom is 0.163 e. The number of methoxy groups -OCH3 is 1. The molecule has 0 spiro atoms. The van der Waals surface area contributed by atoms with Crippen molar-refractivity contribution in [1.82, 2.24) is 0 Å². The lowest BCUT2D eigenvalue weighted by atomic mass is 10.0. The van der Waals surface area contributed by atoms with Crippen molar-refractivity contribution in [3.8, 4) is 11.5 Å². The largest absolute Gasteiger partial charge is 0.504 e. The van der Waals surface area contributed by atoms with Gasteiger partial charge in [0, 0.05) is 0 Å². The predicted molar refractivity (Wildman–Crippen MR) is 111 cm³/mol. The molecule has 0 atom stereocenters. The van der Waals surface area contributed by atoms with Gasteiger partial charge in [0.05, 0.1) is 13.5 Å². The lowest BCUT2D eigenvalue weighted by molar-refractivity contribution is -0.121. The van der Waals surface area contributed by atoms with E-state index in [1.165, 1.54) is 25.3 Å². The van der Waals surface area contributed by atoms with Gasteiger partial charge in [-0.15, -0.1) is 0 Å². The Bertz CT molecular complexity index is 1070. The Hall–Kier alpha value is -3.66. The van der Waals surface area contributed by atoms with Crippen LogP contribution in [0.2, 0.25) is 0 Å². The van der Waals surface area contributed by atoms with Gasteiger partial charge in [-0.25, -0.2) is 0 Å². The van der Waals surface area contributed by atoms with Crippen LogP contribution in [0.4, 0.5) is 0 Å². The molecule has 0 saturated heterocycles. The van der Waals surface area contributed by atoms with Crippen LogP contribution in [0.25, 0.3) is 22.9 Å². The zero-order valence-corrected chi connectivity index (χ0v) is 15.5. The summed E-state index contributed by atoms with van der Waals surface area (Å²) in [6.07, 6.45) is 5.93. The summed E-state index contributed by atoms with van der Waals surface area (Å²) in [6.45, 7) is 0. The van der Waals surface area contributed by atoms with Gasteiger partial charge >= 0.3 is 0 Å². The number of hydrogen-bond donors (Lipinski definition) is 1. The molecule has 4 heteroatoms. The fraction of sp³-hybridized carbons (Fsp3) is 0.0833. The molecule has 0 radical (unpaired) electrons. The molecular weight excluding hydrogens is 352 g/mol. The van der Waals surface area contributed by atoms with Gasteiger partial charge in [0.1, 0.15) is 0 Å². The first-order valence-corrected chi connectivity index (χ1v) is 8.83. The summed E-state index contributed by atoms with van der Waals surface area (Å²) in [5.74, 6) is -0.200. The normalized spacial score (nSPS) is 11.3. The van der Waals surface area contributed by atoms with E-state index in [9.17, 15) is 14.7 Å². The maximum absolute atomic E-state index is 12.1. The number of carbonyl (C=O) groups excluding carboxylic acids is 2. The average molecular weight is 372 g/mol. The highest BCUT2D eigenvalue weighted by molar-refractivity contribution is 6.11. The number of aromatic hydroxyl groups is 1. The Morgan fingerprint density at radius 3 is 2.43 bits per heavy atom. The van der Waals surface area contributed by atoms with Gasteiger partial charge in [0.25, 0.3) is 0 Å². The minimum Gasteiger partial charge on any atom is -0.504 e. The maximum atomic E-state index is 12.1. The molecule has 0 bridgehead atoms. The van der Waals surface area contributed by atoms with E-state index in [1.807, 2.05) is 42.5 Å². The quantitative estimate of drug-likeness (QED) is 0.478. The van der Waals surface area contributed by atoms with E-state index >= 15 is 0 Å². The number of phenols is 1. The van der Waals surface area contributed by atoms with Crippen molar-refractivity contribution in [1.29, 1.82) is 0 Å². The average Bonchev–Trinajstić information content (AvgIpc) is 2.71. The molecule has 3 aromatic carbocycles. The zero-order valence-electron chi connectivity index (χ0n) is 15.5. The Balaban J connectivity index is 1.64. The van der Waals surface area contributed by atoms with Crippen LogP contribution in [-0.4, -0.2) is 23.8 Å². The van der Waals surface area contributed by atoms with Gasteiger partial charge in [-0.05, 0) is 46.2 Å². The summed E-state index contributed by atoms with van der Waals surface area (Å²) in [6, 6.07) is 18.6. The number of phenolic OH excluding ortho intramolecular Hbond substituents is 1. The van der Waals surface area contributed by atoms with Crippen LogP contribution >= 0.6 is 0 Å². The number of carbonyl (C=O) groups is 2. The predicted octanol–water partition coefficient (Wildman–Crippen LogP) is 4.81. The van der Waals surface area contributed by atoms with Gasteiger partial charge in [0.2, 0.25) is 0 Å². The van der Waals surface area contributed by atoms with Crippen molar-refractivity contribution < 1.29 is 19.4 Å². The summed E-state index contributed by atoms with van der Waals surface area (Å²) in [5, 5.41) is 11.7. The number of rotatable bonds is 7. The third-order valence-corrected chi connectivity index (χ3v) is 4.29. The van der Waals surface area contributed by atoms with Gasteiger partial charge in [0.15, 0.2) is 23.1 Å². The van der Waals surface area contributed by atoms with Gasteiger partial charge in [-0.1, -0.05) is 60.7 Å². The summed E-state index contributed by atoms with van der Waals surface area (Å²) in [4.78, 5) is 24.2. The molecule has 0 aliphatic rings. The van der Waals surface area contributed by atoms with Crippen LogP contribution in [0.1, 0.15) is 17.5 Å². The monoisotopic (exact) mass is 372 g/mol. The van der Waals surface area contributed by atoms with Crippen molar-refractivity contribution in [2.75, 3.05) is 7.11 Å². The summed E-state index contributed by atoms with van der Waals surface area (Å²) in [5.41, 5.74) is 1.63. The second kappa shape index (κ2) is 8.82. The van der Waals surface area contributed by atoms with E-state index in [2.05, 4.69) is 0 Å². The second-order valence-corrected chi connectivity index (χ2v) is 6.28. The minimum absolute atomic E-state index is 0.0275. The molecule has 0 saturated carbocycles. The van der Waals surface area contributed by atoms with Crippen LogP contribution in [-0.2, 0) is 9.59 Å². The lowest BCUT2D eigenvalue weighted by Gasteiger charge is -2.03. The molecule has 4 nitrogen and oxygen atoms in total. The summed E-state index contributed by atoms with van der Waals surface area (Å²) in [7, 11) is 1.45. The number of allylic oxidation sites excluding steroid dienone is 2. The molecule has 0 aromatic heterocycles. The molecule has 28 heavy (non-hydrogen) atoms. The number of ketones is 2. The number of fused-ring (bicyclic) bond motifs is 1. The molecule has 0 amide bonds. The molecule has 140 valence electrons. The highest BCUT2D eigenvalue weighted by Gasteiger charge is 2.05. The fourth-order valence-electron chi connectivity index (χ4n) is 2.86. The number of hydrogen-bond acceptors (Lipinski definition) is 4. The summed E-state index contributed by atoms with van der Waals surface area (Å²) >= 11 is 0. The third-order valence-electron chi connectivity index (χ3n) is 4.29. The van der Waals surface area contributed by atoms with E-state index in [1.54, 1.807) is 24.3 Å². The van der Waals surface area contributed by atoms with E-state index < -0.39 is 0 Å². The van der Waals surface area contributed by atoms with Gasteiger partial charge < -0.3 is 9.84 Å². The van der Waals surface area contributed by atoms with Crippen LogP contribution in [0.3, 0.4) is 0 Å². The first-order chi connectivity index (χ1) is 13.6. The zero-order chi connectivity index (χ0) is 19.9. The molecule has 0 aliphatic carbocycles. The van der Waals surface area contributed by atoms with Crippen LogP contribution in [0.15, 0.2) is 72.8 Å². The van der Waals surface area contributed by atoms with Crippen LogP contribution < -0.4 is 4.74 Å². The Morgan fingerprint density at radius 2 is 1.64 bits per heavy atom. The molecule has 0 heterocycles. The smallest absolute Gasteiger partial charge is 0.163 e. The third kappa shape index (κ3) is 4.74. The highest BCUT2D eigenvalue weighted by atomic mass is 16.5.